The van der Waals surface area contributed by atoms with Gasteiger partial charge >= 0.3 is 17.9 Å². The molecule has 1 aliphatic heterocycles. The first-order valence-corrected chi connectivity index (χ1v) is 24.3. The number of carboxylic acids is 1. The van der Waals surface area contributed by atoms with Crippen LogP contribution in [0.15, 0.2) is 60.8 Å². The second kappa shape index (κ2) is 40.7. The molecule has 0 aromatic heterocycles. The molecule has 0 aliphatic carbocycles. The Labute approximate surface area is 375 Å². The number of allylic oxidation sites excluding steroid dienone is 9. The van der Waals surface area contributed by atoms with Crippen LogP contribution in [-0.2, 0) is 33.3 Å². The highest BCUT2D eigenvalue weighted by atomic mass is 16.7. The second-order valence-electron chi connectivity index (χ2n) is 16.6. The highest BCUT2D eigenvalue weighted by Gasteiger charge is 2.47. The van der Waals surface area contributed by atoms with E-state index in [-0.39, 0.29) is 19.4 Å². The highest BCUT2D eigenvalue weighted by molar-refractivity contribution is 5.73. The minimum atomic E-state index is -1.87. The molecule has 0 aromatic rings. The Morgan fingerprint density at radius 2 is 0.935 bits per heavy atom. The Bertz CT molecular complexity index is 1260. The summed E-state index contributed by atoms with van der Waals surface area (Å²) in [5.41, 5.74) is 0. The molecular weight excluding hydrogens is 789 g/mol. The van der Waals surface area contributed by atoms with E-state index >= 15 is 0 Å². The maximum atomic E-state index is 12.8. The van der Waals surface area contributed by atoms with Crippen LogP contribution < -0.4 is 0 Å². The predicted octanol–water partition coefficient (Wildman–Crippen LogP) is 11.1. The van der Waals surface area contributed by atoms with Crippen molar-refractivity contribution in [2.45, 2.75) is 230 Å². The zero-order valence-electron chi connectivity index (χ0n) is 38.6. The van der Waals surface area contributed by atoms with Crippen LogP contribution in [0.2, 0.25) is 0 Å². The van der Waals surface area contributed by atoms with Crippen LogP contribution in [0, 0.1) is 0 Å². The number of esters is 2. The van der Waals surface area contributed by atoms with E-state index in [9.17, 15) is 34.8 Å². The lowest BCUT2D eigenvalue weighted by molar-refractivity contribution is -0.298. The molecule has 0 saturated carbocycles. The van der Waals surface area contributed by atoms with Crippen LogP contribution in [0.3, 0.4) is 0 Å². The van der Waals surface area contributed by atoms with Crippen LogP contribution in [0.4, 0.5) is 0 Å². The first-order valence-electron chi connectivity index (χ1n) is 24.3. The number of carboxylic acid groups (broad SMARTS) is 1. The third-order valence-electron chi connectivity index (χ3n) is 10.9. The van der Waals surface area contributed by atoms with Gasteiger partial charge in [-0.25, -0.2) is 4.79 Å². The van der Waals surface area contributed by atoms with E-state index in [4.69, 9.17) is 18.9 Å². The maximum absolute atomic E-state index is 12.8. The third kappa shape index (κ3) is 31.7. The van der Waals surface area contributed by atoms with Crippen LogP contribution in [0.25, 0.3) is 0 Å². The number of hydrogen-bond donors (Lipinski definition) is 4. The van der Waals surface area contributed by atoms with Crippen molar-refractivity contribution in [2.24, 2.45) is 0 Å². The fourth-order valence-corrected chi connectivity index (χ4v) is 7.13. The lowest BCUT2D eigenvalue weighted by Crippen LogP contribution is -2.60. The summed E-state index contributed by atoms with van der Waals surface area (Å²) < 4.78 is 21.7. The summed E-state index contributed by atoms with van der Waals surface area (Å²) in [4.78, 5) is 36.8. The zero-order valence-corrected chi connectivity index (χ0v) is 38.6. The van der Waals surface area contributed by atoms with Gasteiger partial charge < -0.3 is 39.4 Å². The zero-order chi connectivity index (χ0) is 45.3. The number of carbonyl (C=O) groups excluding carboxylic acids is 2. The van der Waals surface area contributed by atoms with E-state index < -0.39 is 61.3 Å². The molecule has 1 aliphatic rings. The van der Waals surface area contributed by atoms with Gasteiger partial charge in [0.15, 0.2) is 18.5 Å². The molecule has 0 radical (unpaired) electrons. The highest BCUT2D eigenvalue weighted by Crippen LogP contribution is 2.23. The Balaban J connectivity index is 2.35. The van der Waals surface area contributed by atoms with E-state index in [0.717, 1.165) is 44.9 Å². The van der Waals surface area contributed by atoms with Gasteiger partial charge in [0.25, 0.3) is 0 Å². The molecule has 4 N–H and O–H groups in total. The van der Waals surface area contributed by atoms with E-state index in [1.807, 2.05) is 12.2 Å². The fraction of sp³-hybridized carbons (Fsp3) is 0.745. The Kier molecular flexibility index (Phi) is 37.3. The third-order valence-corrected chi connectivity index (χ3v) is 10.9. The average Bonchev–Trinajstić information content (AvgIpc) is 3.26. The van der Waals surface area contributed by atoms with Crippen molar-refractivity contribution >= 4 is 17.9 Å². The topological polar surface area (TPSA) is 169 Å². The molecule has 1 rings (SSSR count). The monoisotopic (exact) mass is 875 g/mol. The first kappa shape index (κ1) is 56.9. The summed E-state index contributed by atoms with van der Waals surface area (Å²) >= 11 is 0. The molecule has 0 spiro atoms. The van der Waals surface area contributed by atoms with Crippen molar-refractivity contribution in [3.8, 4) is 0 Å². The number of aliphatic carboxylic acids is 1. The Morgan fingerprint density at radius 3 is 1.37 bits per heavy atom. The van der Waals surface area contributed by atoms with Crippen molar-refractivity contribution in [1.82, 2.24) is 0 Å². The number of hydrogen-bond acceptors (Lipinski definition) is 10. The van der Waals surface area contributed by atoms with E-state index in [1.54, 1.807) is 6.08 Å². The number of ether oxygens (including phenoxy) is 4. The molecule has 0 bridgehead atoms. The quantitative estimate of drug-likeness (QED) is 0.0263. The fourth-order valence-electron chi connectivity index (χ4n) is 7.13. The number of carbonyl (C=O) groups is 3. The summed E-state index contributed by atoms with van der Waals surface area (Å²) in [6.07, 6.45) is 41.6. The largest absolute Gasteiger partial charge is 0.479 e. The van der Waals surface area contributed by atoms with Gasteiger partial charge in [-0.1, -0.05) is 203 Å². The summed E-state index contributed by atoms with van der Waals surface area (Å²) in [5, 5.41) is 39.9. The molecule has 0 aromatic carbocycles. The lowest BCUT2D eigenvalue weighted by Gasteiger charge is -2.38. The molecule has 11 nitrogen and oxygen atoms in total. The standard InChI is InChI=1S/C51H86O11/c1-3-5-7-9-11-13-15-17-19-20-21-22-23-24-26-28-30-32-34-36-38-40-45(53)61-43(42-60-51-48(56)46(54)47(55)49(62-51)50(57)58)41-59-44(52)39-37-35-33-31-29-27-25-18-16-14-12-10-8-6-4-2/h6,8,12,14,18,25,29,31,35,37,43,46-49,51,54-56H,3-5,7,9-11,13,15-17,19-24,26-28,30,32-34,36,38-42H2,1-2H3,(H,57,58)/b8-6-,14-12-,25-18-,31-29-,37-35-. The normalized spacial score (nSPS) is 20.0. The van der Waals surface area contributed by atoms with Gasteiger partial charge in [-0.05, 0) is 38.5 Å². The summed E-state index contributed by atoms with van der Waals surface area (Å²) in [7, 11) is 0. The molecule has 6 atom stereocenters. The molecule has 11 heteroatoms. The summed E-state index contributed by atoms with van der Waals surface area (Å²) in [5.74, 6) is -2.60. The average molecular weight is 875 g/mol. The minimum Gasteiger partial charge on any atom is -0.479 e. The minimum absolute atomic E-state index is 0.00328. The van der Waals surface area contributed by atoms with Gasteiger partial charge in [-0.2, -0.15) is 0 Å². The molecular formula is C51H86O11. The molecule has 0 amide bonds. The van der Waals surface area contributed by atoms with Crippen molar-refractivity contribution in [1.29, 1.82) is 0 Å². The number of aliphatic hydroxyl groups is 3. The Morgan fingerprint density at radius 1 is 0.516 bits per heavy atom. The SMILES string of the molecule is CC/C=C\C/C=C\C/C=C\C/C=C\C/C=C\CC(=O)OCC(COC1OC(C(=O)O)C(O)C(O)C1O)OC(=O)CCCCCCCCCCCCCCCCCCCCCCC. The van der Waals surface area contributed by atoms with Crippen LogP contribution in [0.1, 0.15) is 194 Å². The number of aliphatic hydroxyl groups excluding tert-OH is 3. The van der Waals surface area contributed by atoms with Crippen molar-refractivity contribution in [3.05, 3.63) is 60.8 Å². The molecule has 1 heterocycles. The molecule has 356 valence electrons. The maximum Gasteiger partial charge on any atom is 0.335 e. The van der Waals surface area contributed by atoms with Gasteiger partial charge in [0.05, 0.1) is 13.0 Å². The number of unbranched alkanes of at least 4 members (excludes halogenated alkanes) is 20. The Hall–Kier alpha value is -3.09. The van der Waals surface area contributed by atoms with Gasteiger partial charge in [0.2, 0.25) is 0 Å². The molecule has 62 heavy (non-hydrogen) atoms. The van der Waals surface area contributed by atoms with Crippen LogP contribution in [-0.4, -0.2) is 88.4 Å². The van der Waals surface area contributed by atoms with Crippen LogP contribution >= 0.6 is 0 Å². The van der Waals surface area contributed by atoms with Gasteiger partial charge in [0, 0.05) is 6.42 Å². The molecule has 1 saturated heterocycles. The number of rotatable bonds is 40. The predicted molar refractivity (Wildman–Crippen MR) is 247 cm³/mol. The van der Waals surface area contributed by atoms with Crippen LogP contribution in [0.5, 0.6) is 0 Å². The summed E-state index contributed by atoms with van der Waals surface area (Å²) in [6.45, 7) is 3.63. The van der Waals surface area contributed by atoms with Gasteiger partial charge in [-0.3, -0.25) is 9.59 Å². The van der Waals surface area contributed by atoms with Crippen molar-refractivity contribution in [2.75, 3.05) is 13.2 Å². The van der Waals surface area contributed by atoms with E-state index in [2.05, 4.69) is 56.4 Å². The first-order chi connectivity index (χ1) is 30.2. The van der Waals surface area contributed by atoms with Crippen molar-refractivity contribution < 1.29 is 53.8 Å². The molecule has 6 unspecified atom stereocenters. The van der Waals surface area contributed by atoms with Crippen molar-refractivity contribution in [3.63, 3.8) is 0 Å². The summed E-state index contributed by atoms with van der Waals surface area (Å²) in [6, 6.07) is 0. The lowest BCUT2D eigenvalue weighted by atomic mass is 9.99. The van der Waals surface area contributed by atoms with Gasteiger partial charge in [-0.15, -0.1) is 0 Å². The van der Waals surface area contributed by atoms with E-state index in [1.165, 1.54) is 109 Å². The smallest absolute Gasteiger partial charge is 0.335 e. The second-order valence-corrected chi connectivity index (χ2v) is 16.6. The van der Waals surface area contributed by atoms with Gasteiger partial charge in [0.1, 0.15) is 24.9 Å². The molecule has 1 fully saturated rings. The van der Waals surface area contributed by atoms with E-state index in [0.29, 0.717) is 12.8 Å².